The zero-order valence-corrected chi connectivity index (χ0v) is 28.8. The Morgan fingerprint density at radius 3 is 2.65 bits per heavy atom. The molecule has 5 aromatic rings. The molecule has 0 radical (unpaired) electrons. The van der Waals surface area contributed by atoms with Gasteiger partial charge in [0.25, 0.3) is 0 Å². The van der Waals surface area contributed by atoms with Crippen molar-refractivity contribution in [2.45, 2.75) is 51.2 Å². The van der Waals surface area contributed by atoms with Gasteiger partial charge in [0.05, 0.1) is 41.0 Å². The lowest BCUT2D eigenvalue weighted by molar-refractivity contribution is -0.127. The average molecular weight is 653 g/mol. The van der Waals surface area contributed by atoms with E-state index < -0.39 is 0 Å². The summed E-state index contributed by atoms with van der Waals surface area (Å²) in [5, 5.41) is 20.4. The van der Waals surface area contributed by atoms with E-state index in [4.69, 9.17) is 21.8 Å². The Balaban J connectivity index is 1.26. The molecular weight excluding hydrogens is 612 g/mol. The largest absolute Gasteiger partial charge is 0.339 e. The third-order valence-corrected chi connectivity index (χ3v) is 12.9. The molecule has 2 aliphatic heterocycles. The molecule has 2 aliphatic rings. The van der Waals surface area contributed by atoms with Crippen LogP contribution in [0.25, 0.3) is 44.2 Å². The van der Waals surface area contributed by atoms with Crippen LogP contribution in [0.3, 0.4) is 0 Å². The lowest BCUT2D eigenvalue weighted by atomic mass is 9.94. The van der Waals surface area contributed by atoms with Crippen LogP contribution in [-0.2, 0) is 11.3 Å². The van der Waals surface area contributed by atoms with Crippen molar-refractivity contribution in [2.75, 3.05) is 32.3 Å². The van der Waals surface area contributed by atoms with E-state index in [9.17, 15) is 4.79 Å². The topological polar surface area (TPSA) is 87.9 Å². The second-order valence-corrected chi connectivity index (χ2v) is 15.2. The molecule has 1 N–H and O–H groups in total. The van der Waals surface area contributed by atoms with Gasteiger partial charge in [0.15, 0.2) is 0 Å². The first-order valence-electron chi connectivity index (χ1n) is 16.3. The summed E-state index contributed by atoms with van der Waals surface area (Å²) in [6.07, 6.45) is 11.5. The second kappa shape index (κ2) is 12.7. The minimum Gasteiger partial charge on any atom is -0.339 e. The van der Waals surface area contributed by atoms with Gasteiger partial charge in [-0.3, -0.25) is 19.3 Å². The number of piperidine rings is 1. The van der Waals surface area contributed by atoms with E-state index in [1.54, 1.807) is 0 Å². The number of halogens is 1. The number of carbonyl (C=O) groups is 1. The van der Waals surface area contributed by atoms with E-state index >= 15 is 0 Å². The Bertz CT molecular complexity index is 1940. The van der Waals surface area contributed by atoms with Gasteiger partial charge in [-0.05, 0) is 81.2 Å². The Kier molecular flexibility index (Phi) is 8.43. The molecule has 0 spiro atoms. The van der Waals surface area contributed by atoms with E-state index in [-0.39, 0.29) is 21.5 Å². The number of aryl methyl sites for hydroxylation is 1. The van der Waals surface area contributed by atoms with Crippen LogP contribution in [0.1, 0.15) is 36.6 Å². The number of hydrogen-bond donors (Lipinski definition) is 1. The predicted molar refractivity (Wildman–Crippen MR) is 189 cm³/mol. The van der Waals surface area contributed by atoms with E-state index in [1.807, 2.05) is 30.3 Å². The van der Waals surface area contributed by atoms with Crippen molar-refractivity contribution in [1.29, 1.82) is 0 Å². The number of benzene rings is 2. The number of H-pyrrole nitrogens is 1. The molecule has 0 bridgehead atoms. The van der Waals surface area contributed by atoms with Crippen LogP contribution < -0.4 is 0 Å². The van der Waals surface area contributed by atoms with Crippen LogP contribution in [0.15, 0.2) is 62.0 Å². The van der Waals surface area contributed by atoms with Crippen molar-refractivity contribution in [3.63, 3.8) is 0 Å². The lowest BCUT2D eigenvalue weighted by Gasteiger charge is -2.32. The van der Waals surface area contributed by atoms with Crippen molar-refractivity contribution in [3.05, 3.63) is 78.2 Å². The van der Waals surface area contributed by atoms with Crippen molar-refractivity contribution in [2.24, 2.45) is 0 Å². The maximum atomic E-state index is 12.3. The molecule has 46 heavy (non-hydrogen) atoms. The molecule has 5 heterocycles. The van der Waals surface area contributed by atoms with Gasteiger partial charge >= 0.3 is 0 Å². The van der Waals surface area contributed by atoms with Crippen LogP contribution in [0.5, 0.6) is 0 Å². The summed E-state index contributed by atoms with van der Waals surface area (Å²) in [7, 11) is -0.114. The number of aromatic nitrogens is 6. The van der Waals surface area contributed by atoms with Crippen LogP contribution >= 0.6 is 11.6 Å². The lowest BCUT2D eigenvalue weighted by Crippen LogP contribution is -2.38. The maximum Gasteiger partial charge on any atom is 0.245 e. The molecule has 1 amide bonds. The van der Waals surface area contributed by atoms with Gasteiger partial charge in [-0.1, -0.05) is 30.3 Å². The Hall–Kier alpha value is -3.99. The van der Waals surface area contributed by atoms with E-state index in [1.165, 1.54) is 18.7 Å². The number of amides is 1. The van der Waals surface area contributed by atoms with Crippen LogP contribution in [0.4, 0.5) is 0 Å². The number of likely N-dealkylation sites (tertiary alicyclic amines) is 1. The smallest absolute Gasteiger partial charge is 0.245 e. The third kappa shape index (κ3) is 5.52. The Morgan fingerprint density at radius 1 is 1.09 bits per heavy atom. The van der Waals surface area contributed by atoms with Crippen molar-refractivity contribution in [3.8, 4) is 22.4 Å². The van der Waals surface area contributed by atoms with Gasteiger partial charge in [-0.2, -0.15) is 15.3 Å². The number of allylic oxidation sites excluding steroid dienone is 1. The molecule has 7 rings (SSSR count). The molecule has 2 fully saturated rings. The fraction of sp³-hybridized carbons (Fsp3) is 0.371. The number of aromatic amines is 1. The number of fused-ring (bicyclic) bond motifs is 2. The SMILES string of the molecule is C=CC(=O)N1CCC(n2nc(-c3ccc4c(cnn4CCN4CC[C@H](C=C)[SiH2]C4)c3)c(-c3c(Cl)c(C)cc4[nH]ncc34)c2C)CC1. The summed E-state index contributed by atoms with van der Waals surface area (Å²) in [5.74, 6) is -0.0149. The van der Waals surface area contributed by atoms with Gasteiger partial charge in [0.1, 0.15) is 5.69 Å². The average Bonchev–Trinajstić information content (AvgIpc) is 3.81. The summed E-state index contributed by atoms with van der Waals surface area (Å²) in [5.41, 5.74) is 8.77. The first-order valence-corrected chi connectivity index (χ1v) is 18.5. The minimum atomic E-state index is -0.114. The summed E-state index contributed by atoms with van der Waals surface area (Å²) in [4.78, 5) is 16.7. The summed E-state index contributed by atoms with van der Waals surface area (Å²) < 4.78 is 4.30. The number of nitrogens with zero attached hydrogens (tertiary/aromatic N) is 7. The first-order chi connectivity index (χ1) is 22.4. The molecule has 0 unspecified atom stereocenters. The first kappa shape index (κ1) is 30.6. The fourth-order valence-corrected chi connectivity index (χ4v) is 9.44. The van der Waals surface area contributed by atoms with E-state index in [0.29, 0.717) is 18.1 Å². The highest BCUT2D eigenvalue weighted by Gasteiger charge is 2.29. The normalized spacial score (nSPS) is 18.6. The molecule has 2 saturated heterocycles. The standard InChI is InChI=1S/C35H41ClN8OSi/c1-5-27-11-12-41(21-46-27)15-16-43-30-8-7-24(18-25(30)19-38-43)35-32(33-28-20-37-39-29(28)17-22(3)34(33)36)23(4)44(40-35)26-9-13-42(14-10-26)31(45)6-2/h5-8,17-20,26-27H,1-2,9-16,21,46H2,3-4H3,(H,37,39)/t27-/m0/s1. The summed E-state index contributed by atoms with van der Waals surface area (Å²) in [6.45, 7) is 16.2. The maximum absolute atomic E-state index is 12.3. The van der Waals surface area contributed by atoms with Crippen molar-refractivity contribution >= 4 is 48.8 Å². The highest BCUT2D eigenvalue weighted by molar-refractivity contribution is 6.39. The monoisotopic (exact) mass is 652 g/mol. The van der Waals surface area contributed by atoms with Gasteiger partial charge in [0.2, 0.25) is 5.91 Å². The van der Waals surface area contributed by atoms with Gasteiger partial charge in [-0.15, -0.1) is 6.58 Å². The fourth-order valence-electron chi connectivity index (χ4n) is 7.34. The number of carbonyl (C=O) groups excluding carboxylic acids is 1. The molecule has 0 saturated carbocycles. The molecule has 0 aliphatic carbocycles. The van der Waals surface area contributed by atoms with Gasteiger partial charge < -0.3 is 9.80 Å². The quantitative estimate of drug-likeness (QED) is 0.129. The number of nitrogens with one attached hydrogen (secondary N) is 1. The summed E-state index contributed by atoms with van der Waals surface area (Å²) >= 11 is 7.12. The van der Waals surface area contributed by atoms with Crippen molar-refractivity contribution in [1.82, 2.24) is 39.6 Å². The third-order valence-electron chi connectivity index (χ3n) is 10.1. The van der Waals surface area contributed by atoms with Gasteiger partial charge in [0, 0.05) is 62.3 Å². The molecule has 11 heteroatoms. The Labute approximate surface area is 276 Å². The highest BCUT2D eigenvalue weighted by Crippen LogP contribution is 2.44. The Morgan fingerprint density at radius 2 is 1.91 bits per heavy atom. The molecule has 9 nitrogen and oxygen atoms in total. The second-order valence-electron chi connectivity index (χ2n) is 12.8. The van der Waals surface area contributed by atoms with E-state index in [0.717, 1.165) is 93.5 Å². The van der Waals surface area contributed by atoms with Crippen LogP contribution in [-0.4, -0.2) is 87.3 Å². The number of hydrogen-bond acceptors (Lipinski definition) is 5. The molecular formula is C35H41ClN8OSi. The highest BCUT2D eigenvalue weighted by atomic mass is 35.5. The number of rotatable bonds is 8. The zero-order valence-electron chi connectivity index (χ0n) is 26.7. The van der Waals surface area contributed by atoms with Crippen LogP contribution in [0.2, 0.25) is 10.6 Å². The molecule has 1 atom stereocenters. The molecule has 3 aromatic heterocycles. The van der Waals surface area contributed by atoms with Gasteiger partial charge in [-0.25, -0.2) is 0 Å². The van der Waals surface area contributed by atoms with Crippen LogP contribution in [0, 0.1) is 13.8 Å². The summed E-state index contributed by atoms with van der Waals surface area (Å²) in [6, 6.07) is 8.76. The predicted octanol–water partition coefficient (Wildman–Crippen LogP) is 5.87. The minimum absolute atomic E-state index is 0.0149. The van der Waals surface area contributed by atoms with Crippen molar-refractivity contribution < 1.29 is 4.79 Å². The molecule has 2 aromatic carbocycles. The molecule has 238 valence electrons. The van der Waals surface area contributed by atoms with E-state index in [2.05, 4.69) is 68.8 Å². The zero-order chi connectivity index (χ0) is 31.9.